The number of aromatic amines is 1. The lowest BCUT2D eigenvalue weighted by Crippen LogP contribution is -2.33. The van der Waals surface area contributed by atoms with Crippen molar-refractivity contribution in [2.24, 2.45) is 0 Å². The number of rotatable bonds is 6. The van der Waals surface area contributed by atoms with E-state index in [9.17, 15) is 4.79 Å². The van der Waals surface area contributed by atoms with Crippen LogP contribution in [0.4, 0.5) is 5.82 Å². The molecule has 0 aromatic carbocycles. The highest BCUT2D eigenvalue weighted by Gasteiger charge is 2.16. The smallest absolute Gasteiger partial charge is 0.323 e. The highest BCUT2D eigenvalue weighted by Crippen LogP contribution is 2.18. The number of hydrogen-bond donors (Lipinski definition) is 2. The van der Waals surface area contributed by atoms with Gasteiger partial charge in [-0.25, -0.2) is 15.0 Å². The lowest BCUT2D eigenvalue weighted by molar-refractivity contribution is -0.135. The van der Waals surface area contributed by atoms with Crippen molar-refractivity contribution in [3.05, 3.63) is 12.7 Å². The molecule has 18 heavy (non-hydrogen) atoms. The molecular weight excluding hydrogens is 238 g/mol. The zero-order chi connectivity index (χ0) is 13.0. The van der Waals surface area contributed by atoms with Crippen LogP contribution < -0.4 is 4.90 Å². The van der Waals surface area contributed by atoms with Gasteiger partial charge in [0.2, 0.25) is 0 Å². The summed E-state index contributed by atoms with van der Waals surface area (Å²) in [7, 11) is 1.56. The fraction of sp³-hybridized carbons (Fsp3) is 0.400. The molecule has 96 valence electrons. The van der Waals surface area contributed by atoms with Gasteiger partial charge in [0.15, 0.2) is 11.5 Å². The maximum absolute atomic E-state index is 10.9. The normalized spacial score (nSPS) is 10.7. The van der Waals surface area contributed by atoms with Crippen LogP contribution >= 0.6 is 0 Å². The number of aliphatic carboxylic acids is 1. The lowest BCUT2D eigenvalue weighted by atomic mass is 10.4. The number of hydrogen-bond acceptors (Lipinski definition) is 6. The molecule has 8 nitrogen and oxygen atoms in total. The predicted molar refractivity (Wildman–Crippen MR) is 63.4 cm³/mol. The molecule has 0 amide bonds. The van der Waals surface area contributed by atoms with Gasteiger partial charge >= 0.3 is 5.97 Å². The molecule has 2 aromatic rings. The van der Waals surface area contributed by atoms with E-state index in [1.807, 2.05) is 0 Å². The Morgan fingerprint density at radius 3 is 3.06 bits per heavy atom. The van der Waals surface area contributed by atoms with E-state index in [0.717, 1.165) is 0 Å². The third kappa shape index (κ3) is 2.54. The molecule has 0 saturated heterocycles. The van der Waals surface area contributed by atoms with Gasteiger partial charge in [-0.2, -0.15) is 0 Å². The van der Waals surface area contributed by atoms with E-state index in [2.05, 4.69) is 19.9 Å². The van der Waals surface area contributed by atoms with E-state index in [-0.39, 0.29) is 6.54 Å². The number of carbonyl (C=O) groups is 1. The molecule has 0 aliphatic rings. The summed E-state index contributed by atoms with van der Waals surface area (Å²) in [6.07, 6.45) is 2.86. The SMILES string of the molecule is COCCN(CC(=O)O)c1ncnc2nc[nH]c12. The van der Waals surface area contributed by atoms with Crippen LogP contribution in [0, 0.1) is 0 Å². The van der Waals surface area contributed by atoms with Crippen LogP contribution in [0.1, 0.15) is 0 Å². The molecule has 2 heterocycles. The second-order valence-electron chi connectivity index (χ2n) is 3.61. The minimum absolute atomic E-state index is 0.158. The summed E-state index contributed by atoms with van der Waals surface area (Å²) in [6.45, 7) is 0.676. The number of nitrogens with one attached hydrogen (secondary N) is 1. The highest BCUT2D eigenvalue weighted by molar-refractivity contribution is 5.85. The first-order chi connectivity index (χ1) is 8.72. The summed E-state index contributed by atoms with van der Waals surface area (Å²) >= 11 is 0. The molecule has 0 fully saturated rings. The van der Waals surface area contributed by atoms with Crippen molar-refractivity contribution in [1.29, 1.82) is 0 Å². The number of nitrogens with zero attached hydrogens (tertiary/aromatic N) is 4. The average molecular weight is 251 g/mol. The molecule has 2 rings (SSSR count). The van der Waals surface area contributed by atoms with Gasteiger partial charge < -0.3 is 19.7 Å². The molecule has 0 unspecified atom stereocenters. The zero-order valence-electron chi connectivity index (χ0n) is 9.83. The highest BCUT2D eigenvalue weighted by atomic mass is 16.5. The Hall–Kier alpha value is -2.22. The number of fused-ring (bicyclic) bond motifs is 1. The van der Waals surface area contributed by atoms with E-state index in [1.165, 1.54) is 12.7 Å². The Morgan fingerprint density at radius 1 is 1.50 bits per heavy atom. The van der Waals surface area contributed by atoms with Crippen LogP contribution in [0.25, 0.3) is 11.2 Å². The van der Waals surface area contributed by atoms with Crippen molar-refractivity contribution < 1.29 is 14.6 Å². The zero-order valence-corrected chi connectivity index (χ0v) is 9.83. The molecule has 0 saturated carbocycles. The standard InChI is InChI=1S/C10H13N5O3/c1-18-3-2-15(4-7(16)17)10-8-9(12-5-11-8)13-6-14-10/h5-6H,2-4H2,1H3,(H,16,17)(H,11,12,13,14). The summed E-state index contributed by atoms with van der Waals surface area (Å²) < 4.78 is 4.97. The topological polar surface area (TPSA) is 104 Å². The maximum Gasteiger partial charge on any atom is 0.323 e. The molecule has 2 aromatic heterocycles. The molecule has 8 heteroatoms. The Bertz CT molecular complexity index is 541. The molecule has 0 atom stereocenters. The number of aromatic nitrogens is 4. The number of carboxylic acids is 1. The van der Waals surface area contributed by atoms with Crippen LogP contribution in [0.5, 0.6) is 0 Å². The van der Waals surface area contributed by atoms with E-state index in [4.69, 9.17) is 9.84 Å². The largest absolute Gasteiger partial charge is 0.480 e. The Labute approximate surface area is 103 Å². The van der Waals surface area contributed by atoms with Crippen molar-refractivity contribution in [2.75, 3.05) is 31.7 Å². The minimum Gasteiger partial charge on any atom is -0.480 e. The van der Waals surface area contributed by atoms with E-state index >= 15 is 0 Å². The van der Waals surface area contributed by atoms with E-state index in [0.29, 0.717) is 30.1 Å². The van der Waals surface area contributed by atoms with Gasteiger partial charge in [0.1, 0.15) is 18.4 Å². The van der Waals surface area contributed by atoms with Crippen LogP contribution in [-0.4, -0.2) is 57.8 Å². The summed E-state index contributed by atoms with van der Waals surface area (Å²) in [5.41, 5.74) is 1.13. The fourth-order valence-electron chi connectivity index (χ4n) is 1.62. The fourth-order valence-corrected chi connectivity index (χ4v) is 1.62. The number of methoxy groups -OCH3 is 1. The number of ether oxygens (including phenoxy) is 1. The van der Waals surface area contributed by atoms with Crippen molar-refractivity contribution in [1.82, 2.24) is 19.9 Å². The second kappa shape index (κ2) is 5.41. The number of imidazole rings is 1. The third-order valence-electron chi connectivity index (χ3n) is 2.39. The van der Waals surface area contributed by atoms with Gasteiger partial charge in [-0.05, 0) is 0 Å². The Morgan fingerprint density at radius 2 is 2.33 bits per heavy atom. The van der Waals surface area contributed by atoms with Crippen LogP contribution in [0.15, 0.2) is 12.7 Å². The molecule has 0 aliphatic carbocycles. The molecule has 0 spiro atoms. The van der Waals surface area contributed by atoms with Crippen molar-refractivity contribution in [3.63, 3.8) is 0 Å². The summed E-state index contributed by atoms with van der Waals surface area (Å²) in [6, 6.07) is 0. The second-order valence-corrected chi connectivity index (χ2v) is 3.61. The molecular formula is C10H13N5O3. The summed E-state index contributed by atoms with van der Waals surface area (Å²) in [5, 5.41) is 8.92. The number of anilines is 1. The van der Waals surface area contributed by atoms with Crippen LogP contribution in [-0.2, 0) is 9.53 Å². The van der Waals surface area contributed by atoms with Crippen LogP contribution in [0.2, 0.25) is 0 Å². The van der Waals surface area contributed by atoms with Crippen molar-refractivity contribution in [3.8, 4) is 0 Å². The third-order valence-corrected chi connectivity index (χ3v) is 2.39. The van der Waals surface area contributed by atoms with Crippen molar-refractivity contribution >= 4 is 23.0 Å². The first-order valence-electron chi connectivity index (χ1n) is 5.32. The average Bonchev–Trinajstić information content (AvgIpc) is 2.82. The maximum atomic E-state index is 10.9. The van der Waals surface area contributed by atoms with E-state index < -0.39 is 5.97 Å². The quantitative estimate of drug-likeness (QED) is 0.738. The van der Waals surface area contributed by atoms with Gasteiger partial charge in [-0.1, -0.05) is 0 Å². The molecule has 0 aliphatic heterocycles. The Kier molecular flexibility index (Phi) is 3.68. The molecule has 0 radical (unpaired) electrons. The van der Waals surface area contributed by atoms with Gasteiger partial charge in [0.25, 0.3) is 0 Å². The van der Waals surface area contributed by atoms with Gasteiger partial charge in [-0.3, -0.25) is 4.79 Å². The van der Waals surface area contributed by atoms with Crippen LogP contribution in [0.3, 0.4) is 0 Å². The number of H-pyrrole nitrogens is 1. The molecule has 0 bridgehead atoms. The first kappa shape index (κ1) is 12.2. The molecule has 2 N–H and O–H groups in total. The number of carboxylic acid groups (broad SMARTS) is 1. The monoisotopic (exact) mass is 251 g/mol. The van der Waals surface area contributed by atoms with E-state index in [1.54, 1.807) is 12.0 Å². The van der Waals surface area contributed by atoms with Crippen molar-refractivity contribution in [2.45, 2.75) is 0 Å². The van der Waals surface area contributed by atoms with Gasteiger partial charge in [0.05, 0.1) is 12.9 Å². The first-order valence-corrected chi connectivity index (χ1v) is 5.32. The van der Waals surface area contributed by atoms with Gasteiger partial charge in [0, 0.05) is 13.7 Å². The lowest BCUT2D eigenvalue weighted by Gasteiger charge is -2.21. The van der Waals surface area contributed by atoms with Gasteiger partial charge in [-0.15, -0.1) is 0 Å². The summed E-state index contributed by atoms with van der Waals surface area (Å²) in [4.78, 5) is 27.5. The minimum atomic E-state index is -0.933. The summed E-state index contributed by atoms with van der Waals surface area (Å²) in [5.74, 6) is -0.422. The Balaban J connectivity index is 2.33. The predicted octanol–water partition coefficient (Wildman–Crippen LogP) is -0.110.